The fourth-order valence-electron chi connectivity index (χ4n) is 1.13. The van der Waals surface area contributed by atoms with E-state index in [-0.39, 0.29) is 0 Å². The highest BCUT2D eigenvalue weighted by Gasteiger charge is 2.48. The normalized spacial score (nSPS) is 39.1. The molecule has 4 atom stereocenters. The van der Waals surface area contributed by atoms with Crippen LogP contribution in [0.4, 0.5) is 4.39 Å². The first kappa shape index (κ1) is 10.4. The second kappa shape index (κ2) is 3.99. The van der Waals surface area contributed by atoms with Crippen molar-refractivity contribution in [1.82, 2.24) is 0 Å². The summed E-state index contributed by atoms with van der Waals surface area (Å²) in [6.45, 7) is 0. The summed E-state index contributed by atoms with van der Waals surface area (Å²) in [6, 6.07) is 0. The standard InChI is InChI=1S/C7H11FO5/c1-11-6(10)5-3(8)4(9)7(12-2)13-5/h3-5,7,9H,1-2H3. The van der Waals surface area contributed by atoms with E-state index in [1.165, 1.54) is 7.11 Å². The molecule has 6 heteroatoms. The summed E-state index contributed by atoms with van der Waals surface area (Å²) < 4.78 is 26.7. The molecular weight excluding hydrogens is 183 g/mol. The molecule has 5 nitrogen and oxygen atoms in total. The second-order valence-corrected chi connectivity index (χ2v) is 2.62. The Bertz CT molecular complexity index is 197. The van der Waals surface area contributed by atoms with E-state index >= 15 is 0 Å². The minimum Gasteiger partial charge on any atom is -0.467 e. The predicted octanol–water partition coefficient (Wildman–Crippen LogP) is -0.770. The molecule has 0 bridgehead atoms. The molecule has 0 radical (unpaired) electrons. The van der Waals surface area contributed by atoms with E-state index in [1.54, 1.807) is 0 Å². The van der Waals surface area contributed by atoms with Gasteiger partial charge in [-0.05, 0) is 0 Å². The third-order valence-corrected chi connectivity index (χ3v) is 1.84. The maximum Gasteiger partial charge on any atom is 0.338 e. The molecule has 1 heterocycles. The van der Waals surface area contributed by atoms with Gasteiger partial charge in [-0.1, -0.05) is 0 Å². The summed E-state index contributed by atoms with van der Waals surface area (Å²) in [7, 11) is 2.37. The number of hydrogen-bond acceptors (Lipinski definition) is 5. The lowest BCUT2D eigenvalue weighted by Gasteiger charge is -2.10. The average molecular weight is 194 g/mol. The van der Waals surface area contributed by atoms with Crippen LogP contribution in [0.25, 0.3) is 0 Å². The molecule has 1 aliphatic heterocycles. The highest BCUT2D eigenvalue weighted by molar-refractivity contribution is 5.75. The first-order valence-corrected chi connectivity index (χ1v) is 3.70. The maximum atomic E-state index is 13.1. The number of aliphatic hydroxyl groups is 1. The zero-order valence-corrected chi connectivity index (χ0v) is 7.27. The Labute approximate surface area is 74.4 Å². The van der Waals surface area contributed by atoms with E-state index in [0.717, 1.165) is 7.11 Å². The number of rotatable bonds is 2. The zero-order chi connectivity index (χ0) is 10.0. The molecule has 0 aromatic rings. The molecular formula is C7H11FO5. The van der Waals surface area contributed by atoms with Crippen LogP contribution in [0, 0.1) is 0 Å². The lowest BCUT2D eigenvalue weighted by Crippen LogP contribution is -2.33. The summed E-state index contributed by atoms with van der Waals surface area (Å²) in [5.74, 6) is -0.855. The number of hydrogen-bond donors (Lipinski definition) is 1. The van der Waals surface area contributed by atoms with Crippen LogP contribution >= 0.6 is 0 Å². The number of methoxy groups -OCH3 is 2. The number of alkyl halides is 1. The zero-order valence-electron chi connectivity index (χ0n) is 7.27. The summed E-state index contributed by atoms with van der Waals surface area (Å²) in [6.07, 6.45) is -5.77. The van der Waals surface area contributed by atoms with Crippen molar-refractivity contribution in [3.63, 3.8) is 0 Å². The van der Waals surface area contributed by atoms with Crippen molar-refractivity contribution < 1.29 is 28.5 Å². The molecule has 13 heavy (non-hydrogen) atoms. The highest BCUT2D eigenvalue weighted by Crippen LogP contribution is 2.25. The molecule has 0 aromatic carbocycles. The molecule has 0 amide bonds. The first-order valence-electron chi connectivity index (χ1n) is 3.70. The van der Waals surface area contributed by atoms with Gasteiger partial charge in [0.1, 0.15) is 6.10 Å². The Morgan fingerprint density at radius 1 is 1.54 bits per heavy atom. The Balaban J connectivity index is 2.65. The van der Waals surface area contributed by atoms with Crippen LogP contribution in [0.15, 0.2) is 0 Å². The van der Waals surface area contributed by atoms with E-state index < -0.39 is 30.6 Å². The highest BCUT2D eigenvalue weighted by atomic mass is 19.1. The SMILES string of the molecule is COC(=O)C1OC(OC)C(O)C1F. The van der Waals surface area contributed by atoms with Crippen molar-refractivity contribution >= 4 is 5.97 Å². The van der Waals surface area contributed by atoms with Gasteiger partial charge >= 0.3 is 5.97 Å². The fourth-order valence-corrected chi connectivity index (χ4v) is 1.13. The number of aliphatic hydroxyl groups excluding tert-OH is 1. The van der Waals surface area contributed by atoms with Gasteiger partial charge < -0.3 is 19.3 Å². The predicted molar refractivity (Wildman–Crippen MR) is 38.6 cm³/mol. The summed E-state index contributed by atoms with van der Waals surface area (Å²) in [4.78, 5) is 10.9. The van der Waals surface area contributed by atoms with Gasteiger partial charge in [-0.2, -0.15) is 0 Å². The Kier molecular flexibility index (Phi) is 3.18. The molecule has 0 aromatic heterocycles. The first-order chi connectivity index (χ1) is 6.11. The smallest absolute Gasteiger partial charge is 0.338 e. The van der Waals surface area contributed by atoms with Crippen molar-refractivity contribution in [2.24, 2.45) is 0 Å². The topological polar surface area (TPSA) is 65.0 Å². The van der Waals surface area contributed by atoms with Gasteiger partial charge in [0.05, 0.1) is 7.11 Å². The fraction of sp³-hybridized carbons (Fsp3) is 0.857. The van der Waals surface area contributed by atoms with Gasteiger partial charge in [-0.25, -0.2) is 9.18 Å². The van der Waals surface area contributed by atoms with Gasteiger partial charge in [-0.3, -0.25) is 0 Å². The van der Waals surface area contributed by atoms with Gasteiger partial charge in [0.2, 0.25) is 0 Å². The number of ether oxygens (including phenoxy) is 3. The number of carbonyl (C=O) groups excluding carboxylic acids is 1. The second-order valence-electron chi connectivity index (χ2n) is 2.62. The van der Waals surface area contributed by atoms with Crippen molar-refractivity contribution in [2.75, 3.05) is 14.2 Å². The average Bonchev–Trinajstić information content (AvgIpc) is 2.43. The Morgan fingerprint density at radius 2 is 2.15 bits per heavy atom. The molecule has 1 rings (SSSR count). The molecule has 76 valence electrons. The van der Waals surface area contributed by atoms with E-state index in [1.807, 2.05) is 0 Å². The third-order valence-electron chi connectivity index (χ3n) is 1.84. The lowest BCUT2D eigenvalue weighted by atomic mass is 10.2. The van der Waals surface area contributed by atoms with Gasteiger partial charge in [0.25, 0.3) is 0 Å². The molecule has 0 saturated carbocycles. The lowest BCUT2D eigenvalue weighted by molar-refractivity contribution is -0.174. The maximum absolute atomic E-state index is 13.1. The third kappa shape index (κ3) is 1.79. The summed E-state index contributed by atoms with van der Waals surface area (Å²) in [5, 5.41) is 9.14. The molecule has 1 saturated heterocycles. The van der Waals surface area contributed by atoms with Crippen LogP contribution in [0.3, 0.4) is 0 Å². The van der Waals surface area contributed by atoms with Crippen molar-refractivity contribution in [1.29, 1.82) is 0 Å². The largest absolute Gasteiger partial charge is 0.467 e. The van der Waals surface area contributed by atoms with Gasteiger partial charge in [0.15, 0.2) is 18.6 Å². The Hall–Kier alpha value is -0.720. The minimum atomic E-state index is -1.81. The van der Waals surface area contributed by atoms with Crippen LogP contribution in [0.2, 0.25) is 0 Å². The van der Waals surface area contributed by atoms with E-state index in [2.05, 4.69) is 9.47 Å². The van der Waals surface area contributed by atoms with Crippen LogP contribution in [-0.2, 0) is 19.0 Å². The molecule has 1 N–H and O–H groups in total. The molecule has 1 aliphatic rings. The van der Waals surface area contributed by atoms with Crippen LogP contribution in [0.1, 0.15) is 0 Å². The summed E-state index contributed by atoms with van der Waals surface area (Å²) in [5.41, 5.74) is 0. The van der Waals surface area contributed by atoms with E-state index in [4.69, 9.17) is 9.84 Å². The number of esters is 1. The van der Waals surface area contributed by atoms with Gasteiger partial charge in [-0.15, -0.1) is 0 Å². The van der Waals surface area contributed by atoms with Crippen molar-refractivity contribution in [3.05, 3.63) is 0 Å². The van der Waals surface area contributed by atoms with Crippen LogP contribution in [-0.4, -0.2) is 50.0 Å². The van der Waals surface area contributed by atoms with Crippen molar-refractivity contribution in [3.8, 4) is 0 Å². The van der Waals surface area contributed by atoms with Crippen LogP contribution in [0.5, 0.6) is 0 Å². The Morgan fingerprint density at radius 3 is 2.54 bits per heavy atom. The summed E-state index contributed by atoms with van der Waals surface area (Å²) >= 11 is 0. The minimum absolute atomic E-state index is 0.855. The van der Waals surface area contributed by atoms with E-state index in [9.17, 15) is 9.18 Å². The quantitative estimate of drug-likeness (QED) is 0.585. The van der Waals surface area contributed by atoms with Gasteiger partial charge in [0, 0.05) is 7.11 Å². The number of halogens is 1. The molecule has 0 spiro atoms. The molecule has 0 aliphatic carbocycles. The van der Waals surface area contributed by atoms with Crippen LogP contribution < -0.4 is 0 Å². The molecule has 1 fully saturated rings. The monoisotopic (exact) mass is 194 g/mol. The molecule has 4 unspecified atom stereocenters. The van der Waals surface area contributed by atoms with Crippen molar-refractivity contribution in [2.45, 2.75) is 24.7 Å². The number of carbonyl (C=O) groups is 1. The van der Waals surface area contributed by atoms with E-state index in [0.29, 0.717) is 0 Å².